The van der Waals surface area contributed by atoms with E-state index in [4.69, 9.17) is 17.4 Å². The first-order valence-electron chi connectivity index (χ1n) is 11.4. The first kappa shape index (κ1) is 11.0. The Morgan fingerprint density at radius 3 is 2.23 bits per heavy atom. The van der Waals surface area contributed by atoms with Crippen molar-refractivity contribution in [3.05, 3.63) is 44.3 Å². The maximum Gasteiger partial charge on any atom is 0.342 e. The van der Waals surface area contributed by atoms with E-state index in [9.17, 15) is 25.3 Å². The van der Waals surface area contributed by atoms with Crippen LogP contribution < -0.4 is 0 Å². The Morgan fingerprint density at radius 2 is 1.77 bits per heavy atom. The molecule has 0 saturated heterocycles. The van der Waals surface area contributed by atoms with Crippen LogP contribution in [0.2, 0.25) is 0 Å². The van der Waals surface area contributed by atoms with Gasteiger partial charge in [0.15, 0.2) is 11.6 Å². The summed E-state index contributed by atoms with van der Waals surface area (Å²) in [5.41, 5.74) is 0. The van der Waals surface area contributed by atoms with Crippen molar-refractivity contribution in [2.75, 3.05) is 0 Å². The number of nitro groups is 2. The number of aromatic nitrogens is 4. The first-order valence-corrected chi connectivity index (χ1v) is 6.87. The van der Waals surface area contributed by atoms with Gasteiger partial charge in [0, 0.05) is 22.0 Å². The molecule has 0 radical (unpaired) electrons. The normalized spacial score (nSPS) is 20.7. The molecule has 0 aromatic carbocycles. The summed E-state index contributed by atoms with van der Waals surface area (Å²) < 4.78 is 66.2. The molecule has 12 nitrogen and oxygen atoms in total. The van der Waals surface area contributed by atoms with Gasteiger partial charge in [-0.25, -0.2) is 19.1 Å². The van der Waals surface area contributed by atoms with E-state index in [1.54, 1.807) is 0 Å². The van der Waals surface area contributed by atoms with Crippen molar-refractivity contribution in [3.63, 3.8) is 0 Å². The molecule has 26 heavy (non-hydrogen) atoms. The lowest BCUT2D eigenvalue weighted by molar-refractivity contribution is -0.392. The average Bonchev–Trinajstić information content (AvgIpc) is 3.24. The molecule has 0 aliphatic rings. The Hall–Kier alpha value is -2.86. The highest BCUT2D eigenvalue weighted by Crippen LogP contribution is 2.14. The molecule has 2 rings (SSSR count). The molecule has 12 heteroatoms. The van der Waals surface area contributed by atoms with Crippen LogP contribution in [0.3, 0.4) is 0 Å². The van der Waals surface area contributed by atoms with Gasteiger partial charge in [-0.05, 0) is 23.6 Å². The number of hydrogen-bond acceptors (Lipinski definition) is 8. The van der Waals surface area contributed by atoms with E-state index in [0.717, 1.165) is 17.0 Å². The van der Waals surface area contributed by atoms with Crippen molar-refractivity contribution >= 4 is 11.6 Å². The van der Waals surface area contributed by atoms with Gasteiger partial charge in [-0.3, -0.25) is 0 Å². The van der Waals surface area contributed by atoms with Crippen LogP contribution in [0.25, 0.3) is 0 Å². The number of hydrogen-bond donors (Lipinski definition) is 2. The van der Waals surface area contributed by atoms with Crippen LogP contribution in [-0.4, -0.2) is 51.3 Å². The first-order chi connectivity index (χ1) is 15.6. The standard InChI is InChI=1S/2C7H11N3O3/c2*1-5(11)4-9-6(2)8-3-7(9)10(12)13/h2*3,5,11H,4H2,1-2H3/i1D3,4D2,5D;2D3. The molecule has 0 bridgehead atoms. The summed E-state index contributed by atoms with van der Waals surface area (Å²) in [5.74, 6) is -1.91. The average molecular weight is 379 g/mol. The van der Waals surface area contributed by atoms with E-state index in [0.29, 0.717) is 0 Å². The van der Waals surface area contributed by atoms with E-state index < -0.39 is 53.9 Å². The molecule has 2 aromatic heterocycles. The Balaban J connectivity index is 0.000000355. The van der Waals surface area contributed by atoms with E-state index >= 15 is 0 Å². The molecule has 0 spiro atoms. The molecule has 2 unspecified atom stereocenters. The molecular formula is C14H22N6O6. The fourth-order valence-electron chi connectivity index (χ4n) is 1.76. The molecule has 0 aliphatic carbocycles. The van der Waals surface area contributed by atoms with Gasteiger partial charge < -0.3 is 30.4 Å². The topological polar surface area (TPSA) is 162 Å². The molecule has 0 saturated carbocycles. The maximum absolute atomic E-state index is 10.8. The number of imidazole rings is 2. The van der Waals surface area contributed by atoms with Crippen LogP contribution >= 0.6 is 0 Å². The fourth-order valence-corrected chi connectivity index (χ4v) is 1.76. The summed E-state index contributed by atoms with van der Waals surface area (Å²) >= 11 is 0. The van der Waals surface area contributed by atoms with E-state index in [1.807, 2.05) is 0 Å². The van der Waals surface area contributed by atoms with Crippen LogP contribution in [0.15, 0.2) is 12.4 Å². The highest BCUT2D eigenvalue weighted by molar-refractivity contribution is 5.19. The molecule has 2 atom stereocenters. The number of aliphatic hydroxyl groups excluding tert-OH is 1. The van der Waals surface area contributed by atoms with Crippen molar-refractivity contribution in [2.24, 2.45) is 0 Å². The fraction of sp³-hybridized carbons (Fsp3) is 0.571. The zero-order valence-corrected chi connectivity index (χ0v) is 13.6. The van der Waals surface area contributed by atoms with Crippen LogP contribution in [0.1, 0.15) is 37.8 Å². The quantitative estimate of drug-likeness (QED) is 0.553. The number of aryl methyl sites for hydroxylation is 2. The maximum atomic E-state index is 10.8. The summed E-state index contributed by atoms with van der Waals surface area (Å²) in [6.45, 7) is -6.77. The summed E-state index contributed by atoms with van der Waals surface area (Å²) in [4.78, 5) is 26.7. The molecule has 2 aromatic rings. The van der Waals surface area contributed by atoms with Gasteiger partial charge in [0.2, 0.25) is 0 Å². The van der Waals surface area contributed by atoms with Crippen LogP contribution in [0.5, 0.6) is 0 Å². The van der Waals surface area contributed by atoms with E-state index in [-0.39, 0.29) is 22.8 Å². The SMILES string of the molecule is [2H]C([2H])([2H])C([2H])(O)C([2H])([2H])n1c([N+](=O)[O-])cnc1C.[2H]C([2H])([2H])c1ncc([N+](=O)[O-])n1CC(C)O. The third-order valence-electron chi connectivity index (χ3n) is 2.79. The highest BCUT2D eigenvalue weighted by atomic mass is 16.6. The zero-order chi connectivity index (χ0) is 27.7. The second-order valence-corrected chi connectivity index (χ2v) is 4.87. The Kier molecular flexibility index (Phi) is 3.80. The Morgan fingerprint density at radius 1 is 1.23 bits per heavy atom. The Bertz CT molecular complexity index is 1080. The third-order valence-corrected chi connectivity index (χ3v) is 2.79. The molecule has 2 N–H and O–H groups in total. The van der Waals surface area contributed by atoms with Crippen molar-refractivity contribution in [1.29, 1.82) is 0 Å². The molecule has 0 amide bonds. The lowest BCUT2D eigenvalue weighted by atomic mass is 10.4. The molecular weight excluding hydrogens is 348 g/mol. The predicted molar refractivity (Wildman–Crippen MR) is 90.6 cm³/mol. The van der Waals surface area contributed by atoms with Crippen molar-refractivity contribution < 1.29 is 32.4 Å². The highest BCUT2D eigenvalue weighted by Gasteiger charge is 2.19. The van der Waals surface area contributed by atoms with Crippen molar-refractivity contribution in [3.8, 4) is 0 Å². The second-order valence-electron chi connectivity index (χ2n) is 4.87. The molecule has 0 fully saturated rings. The Labute approximate surface area is 161 Å². The molecule has 144 valence electrons. The van der Waals surface area contributed by atoms with Gasteiger partial charge in [0.25, 0.3) is 0 Å². The van der Waals surface area contributed by atoms with E-state index in [2.05, 4.69) is 9.97 Å². The van der Waals surface area contributed by atoms with Crippen LogP contribution in [0.4, 0.5) is 11.6 Å². The molecule has 2 heterocycles. The molecule has 0 aliphatic heterocycles. The van der Waals surface area contributed by atoms with Gasteiger partial charge in [-0.15, -0.1) is 0 Å². The summed E-state index contributed by atoms with van der Waals surface area (Å²) in [6, 6.07) is 0. The largest absolute Gasteiger partial charge is 0.389 e. The number of aliphatic hydroxyl groups is 2. The third kappa shape index (κ3) is 5.60. The van der Waals surface area contributed by atoms with Gasteiger partial charge >= 0.3 is 11.6 Å². The van der Waals surface area contributed by atoms with Crippen LogP contribution in [-0.2, 0) is 13.0 Å². The smallest absolute Gasteiger partial charge is 0.342 e. The zero-order valence-electron chi connectivity index (χ0n) is 22.6. The van der Waals surface area contributed by atoms with Crippen molar-refractivity contribution in [1.82, 2.24) is 19.1 Å². The van der Waals surface area contributed by atoms with Gasteiger partial charge in [-0.2, -0.15) is 0 Å². The van der Waals surface area contributed by atoms with Crippen LogP contribution in [0, 0.1) is 34.0 Å². The van der Waals surface area contributed by atoms with Gasteiger partial charge in [-0.1, -0.05) is 0 Å². The lowest BCUT2D eigenvalue weighted by Crippen LogP contribution is -2.14. The minimum atomic E-state index is -3.57. The van der Waals surface area contributed by atoms with Gasteiger partial charge in [0.1, 0.15) is 25.4 Å². The van der Waals surface area contributed by atoms with E-state index in [1.165, 1.54) is 13.8 Å². The lowest BCUT2D eigenvalue weighted by Gasteiger charge is -2.04. The minimum Gasteiger partial charge on any atom is -0.389 e. The number of rotatable bonds is 6. The minimum absolute atomic E-state index is 0.177. The van der Waals surface area contributed by atoms with Crippen molar-refractivity contribution in [2.45, 2.75) is 52.8 Å². The predicted octanol–water partition coefficient (Wildman–Crippen LogP) is 0.961. The second kappa shape index (κ2) is 9.01. The number of nitrogens with zero attached hydrogens (tertiary/aromatic N) is 6. The summed E-state index contributed by atoms with van der Waals surface area (Å²) in [5, 5.41) is 40.2. The van der Waals surface area contributed by atoms with Gasteiger partial charge in [0.05, 0.1) is 16.3 Å². The summed E-state index contributed by atoms with van der Waals surface area (Å²) in [6.07, 6.45) is -2.86. The summed E-state index contributed by atoms with van der Waals surface area (Å²) in [7, 11) is 0. The monoisotopic (exact) mass is 379 g/mol.